The van der Waals surface area contributed by atoms with Crippen molar-refractivity contribution in [2.75, 3.05) is 37.7 Å². The first-order valence-corrected chi connectivity index (χ1v) is 11.0. The van der Waals surface area contributed by atoms with Crippen LogP contribution in [0.15, 0.2) is 54.9 Å². The quantitative estimate of drug-likeness (QED) is 0.593. The largest absolute Gasteiger partial charge is 0.483 e. The van der Waals surface area contributed by atoms with Crippen LogP contribution < -0.4 is 9.64 Å². The summed E-state index contributed by atoms with van der Waals surface area (Å²) in [5.41, 5.74) is 4.06. The Hall–Kier alpha value is -3.48. The first-order chi connectivity index (χ1) is 15.5. The predicted molar refractivity (Wildman–Crippen MR) is 125 cm³/mol. The van der Waals surface area contributed by atoms with Gasteiger partial charge in [-0.05, 0) is 54.3 Å². The van der Waals surface area contributed by atoms with Gasteiger partial charge in [-0.15, -0.1) is 10.2 Å². The molecule has 2 aromatic heterocycles. The molecule has 1 saturated heterocycles. The Morgan fingerprint density at radius 1 is 1.00 bits per heavy atom. The molecule has 0 radical (unpaired) electrons. The molecule has 0 saturated carbocycles. The molecule has 1 aliphatic rings. The highest BCUT2D eigenvalue weighted by Gasteiger charge is 2.23. The normalized spacial score (nSPS) is 14.0. The van der Waals surface area contributed by atoms with Gasteiger partial charge in [0, 0.05) is 44.1 Å². The molecule has 4 rings (SSSR count). The van der Waals surface area contributed by atoms with Crippen LogP contribution in [0.1, 0.15) is 30.9 Å². The number of anilines is 1. The Labute approximate surface area is 189 Å². The van der Waals surface area contributed by atoms with Crippen LogP contribution in [0, 0.1) is 6.92 Å². The molecule has 1 aromatic carbocycles. The van der Waals surface area contributed by atoms with Gasteiger partial charge in [-0.3, -0.25) is 9.78 Å². The van der Waals surface area contributed by atoms with E-state index in [2.05, 4.69) is 46.1 Å². The van der Waals surface area contributed by atoms with Crippen molar-refractivity contribution < 1.29 is 9.53 Å². The summed E-state index contributed by atoms with van der Waals surface area (Å²) >= 11 is 0. The van der Waals surface area contributed by atoms with Crippen LogP contribution in [0.4, 0.5) is 5.82 Å². The molecule has 1 fully saturated rings. The zero-order valence-electron chi connectivity index (χ0n) is 18.9. The minimum atomic E-state index is 0.0139. The van der Waals surface area contributed by atoms with Crippen molar-refractivity contribution in [3.63, 3.8) is 0 Å². The molecule has 7 nitrogen and oxygen atoms in total. The monoisotopic (exact) mass is 431 g/mol. The molecule has 0 N–H and O–H groups in total. The number of aryl methyl sites for hydroxylation is 1. The Balaban J connectivity index is 1.31. The lowest BCUT2D eigenvalue weighted by Crippen LogP contribution is -2.50. The minimum Gasteiger partial charge on any atom is -0.483 e. The Morgan fingerprint density at radius 3 is 2.41 bits per heavy atom. The Bertz CT molecular complexity index is 1050. The molecule has 32 heavy (non-hydrogen) atoms. The SMILES string of the molecule is Cc1ccc(C(C)C)c(OCC(=O)N2CCN(c3ccc(-c4ccncc4)nn3)CC2)c1. The van der Waals surface area contributed by atoms with Gasteiger partial charge < -0.3 is 14.5 Å². The maximum Gasteiger partial charge on any atom is 0.260 e. The van der Waals surface area contributed by atoms with Gasteiger partial charge in [-0.25, -0.2) is 0 Å². The van der Waals surface area contributed by atoms with Crippen LogP contribution in [-0.4, -0.2) is 58.8 Å². The smallest absolute Gasteiger partial charge is 0.260 e. The number of carbonyl (C=O) groups excluding carboxylic acids is 1. The molecular weight excluding hydrogens is 402 g/mol. The summed E-state index contributed by atoms with van der Waals surface area (Å²) in [4.78, 5) is 20.8. The molecule has 1 amide bonds. The topological polar surface area (TPSA) is 71.5 Å². The number of rotatable bonds is 6. The van der Waals surface area contributed by atoms with Crippen molar-refractivity contribution >= 4 is 11.7 Å². The molecule has 0 spiro atoms. The van der Waals surface area contributed by atoms with E-state index in [0.717, 1.165) is 47.0 Å². The first kappa shape index (κ1) is 21.7. The average Bonchev–Trinajstić information content (AvgIpc) is 2.83. The van der Waals surface area contributed by atoms with Gasteiger partial charge in [0.1, 0.15) is 5.75 Å². The highest BCUT2D eigenvalue weighted by atomic mass is 16.5. The lowest BCUT2D eigenvalue weighted by molar-refractivity contribution is -0.133. The summed E-state index contributed by atoms with van der Waals surface area (Å²) in [6, 6.07) is 13.9. The molecule has 0 atom stereocenters. The standard InChI is InChI=1S/C25H29N5O2/c1-18(2)21-5-4-19(3)16-23(21)32-17-25(31)30-14-12-29(13-15-30)24-7-6-22(27-28-24)20-8-10-26-11-9-20/h4-11,16,18H,12-15,17H2,1-3H3. The molecule has 1 aliphatic heterocycles. The number of benzene rings is 1. The second kappa shape index (κ2) is 9.77. The molecule has 0 aliphatic carbocycles. The van der Waals surface area contributed by atoms with Crippen LogP contribution in [0.3, 0.4) is 0 Å². The predicted octanol–water partition coefficient (Wildman–Crippen LogP) is 3.70. The number of nitrogens with zero attached hydrogens (tertiary/aromatic N) is 5. The van der Waals surface area contributed by atoms with Crippen molar-refractivity contribution in [1.82, 2.24) is 20.1 Å². The summed E-state index contributed by atoms with van der Waals surface area (Å²) in [5.74, 6) is 1.99. The first-order valence-electron chi connectivity index (χ1n) is 11.0. The number of carbonyl (C=O) groups is 1. The number of hydrogen-bond donors (Lipinski definition) is 0. The highest BCUT2D eigenvalue weighted by molar-refractivity contribution is 5.78. The Morgan fingerprint density at radius 2 is 1.75 bits per heavy atom. The van der Waals surface area contributed by atoms with Gasteiger partial charge in [-0.1, -0.05) is 26.0 Å². The third-order valence-electron chi connectivity index (χ3n) is 5.73. The molecule has 0 unspecified atom stereocenters. The van der Waals surface area contributed by atoms with Gasteiger partial charge in [0.25, 0.3) is 5.91 Å². The second-order valence-electron chi connectivity index (χ2n) is 8.37. The lowest BCUT2D eigenvalue weighted by atomic mass is 10.0. The van der Waals surface area contributed by atoms with E-state index >= 15 is 0 Å². The van der Waals surface area contributed by atoms with E-state index in [4.69, 9.17) is 4.74 Å². The third-order valence-corrected chi connectivity index (χ3v) is 5.73. The summed E-state index contributed by atoms with van der Waals surface area (Å²) in [6.45, 7) is 9.07. The molecule has 7 heteroatoms. The van der Waals surface area contributed by atoms with Gasteiger partial charge in [0.05, 0.1) is 5.69 Å². The average molecular weight is 432 g/mol. The van der Waals surface area contributed by atoms with Crippen LogP contribution in [-0.2, 0) is 4.79 Å². The Kier molecular flexibility index (Phi) is 6.63. The van der Waals surface area contributed by atoms with E-state index in [1.54, 1.807) is 12.4 Å². The van der Waals surface area contributed by atoms with Crippen LogP contribution in [0.25, 0.3) is 11.3 Å². The van der Waals surface area contributed by atoms with E-state index in [-0.39, 0.29) is 12.5 Å². The minimum absolute atomic E-state index is 0.0139. The number of hydrogen-bond acceptors (Lipinski definition) is 6. The zero-order valence-corrected chi connectivity index (χ0v) is 18.9. The summed E-state index contributed by atoms with van der Waals surface area (Å²) in [7, 11) is 0. The molecule has 0 bridgehead atoms. The van der Waals surface area contributed by atoms with Gasteiger partial charge in [-0.2, -0.15) is 0 Å². The van der Waals surface area contributed by atoms with Crippen LogP contribution in [0.2, 0.25) is 0 Å². The van der Waals surface area contributed by atoms with E-state index in [0.29, 0.717) is 19.0 Å². The summed E-state index contributed by atoms with van der Waals surface area (Å²) in [5, 5.41) is 8.74. The number of piperazine rings is 1. The maximum absolute atomic E-state index is 12.7. The number of aromatic nitrogens is 3. The fourth-order valence-corrected chi connectivity index (χ4v) is 3.83. The van der Waals surface area contributed by atoms with Crippen molar-refractivity contribution in [2.45, 2.75) is 26.7 Å². The molecule has 3 heterocycles. The molecule has 3 aromatic rings. The lowest BCUT2D eigenvalue weighted by Gasteiger charge is -2.35. The summed E-state index contributed by atoms with van der Waals surface area (Å²) < 4.78 is 5.93. The molecule has 166 valence electrons. The molecular formula is C25H29N5O2. The van der Waals surface area contributed by atoms with E-state index in [1.807, 2.05) is 42.2 Å². The van der Waals surface area contributed by atoms with Crippen molar-refractivity contribution in [3.8, 4) is 17.0 Å². The zero-order chi connectivity index (χ0) is 22.5. The van der Waals surface area contributed by atoms with Gasteiger partial charge >= 0.3 is 0 Å². The number of pyridine rings is 1. The van der Waals surface area contributed by atoms with E-state index < -0.39 is 0 Å². The van der Waals surface area contributed by atoms with Gasteiger partial charge in [0.2, 0.25) is 0 Å². The van der Waals surface area contributed by atoms with Crippen molar-refractivity contribution in [1.29, 1.82) is 0 Å². The van der Waals surface area contributed by atoms with E-state index in [9.17, 15) is 4.79 Å². The van der Waals surface area contributed by atoms with E-state index in [1.165, 1.54) is 0 Å². The highest BCUT2D eigenvalue weighted by Crippen LogP contribution is 2.27. The number of amides is 1. The summed E-state index contributed by atoms with van der Waals surface area (Å²) in [6.07, 6.45) is 3.49. The fraction of sp³-hybridized carbons (Fsp3) is 0.360. The maximum atomic E-state index is 12.7. The van der Waals surface area contributed by atoms with Crippen molar-refractivity contribution in [3.05, 3.63) is 66.0 Å². The number of ether oxygens (including phenoxy) is 1. The van der Waals surface area contributed by atoms with Crippen molar-refractivity contribution in [2.24, 2.45) is 0 Å². The third kappa shape index (κ3) is 5.04. The van der Waals surface area contributed by atoms with Crippen LogP contribution >= 0.6 is 0 Å². The van der Waals surface area contributed by atoms with Crippen LogP contribution in [0.5, 0.6) is 5.75 Å². The fourth-order valence-electron chi connectivity index (χ4n) is 3.83. The van der Waals surface area contributed by atoms with Gasteiger partial charge in [0.15, 0.2) is 12.4 Å². The second-order valence-corrected chi connectivity index (χ2v) is 8.37.